The van der Waals surface area contributed by atoms with Gasteiger partial charge in [0, 0.05) is 36.7 Å². The van der Waals surface area contributed by atoms with Crippen molar-refractivity contribution in [3.63, 3.8) is 0 Å². The molecule has 0 unspecified atom stereocenters. The summed E-state index contributed by atoms with van der Waals surface area (Å²) >= 11 is 11.9. The molecule has 0 heterocycles. The summed E-state index contributed by atoms with van der Waals surface area (Å²) in [5, 5.41) is 7.40. The van der Waals surface area contributed by atoms with Crippen molar-refractivity contribution in [1.82, 2.24) is 15.4 Å². The van der Waals surface area contributed by atoms with E-state index in [0.29, 0.717) is 42.1 Å². The van der Waals surface area contributed by atoms with E-state index in [-0.39, 0.29) is 0 Å². The van der Waals surface area contributed by atoms with Gasteiger partial charge in [0.05, 0.1) is 6.26 Å². The Kier molecular flexibility index (Phi) is 7.95. The molecule has 0 aliphatic heterocycles. The zero-order valence-electron chi connectivity index (χ0n) is 12.5. The number of nitrogens with one attached hydrogen (secondary N) is 3. The summed E-state index contributed by atoms with van der Waals surface area (Å²) in [6.07, 6.45) is 1.78. The van der Waals surface area contributed by atoms with Crippen molar-refractivity contribution in [1.29, 1.82) is 0 Å². The van der Waals surface area contributed by atoms with Gasteiger partial charge in [0.2, 0.25) is 10.0 Å². The molecule has 0 fully saturated rings. The van der Waals surface area contributed by atoms with E-state index < -0.39 is 10.0 Å². The predicted octanol–water partition coefficient (Wildman–Crippen LogP) is 1.60. The molecule has 1 aromatic rings. The van der Waals surface area contributed by atoms with Gasteiger partial charge >= 0.3 is 0 Å². The van der Waals surface area contributed by atoms with Crippen LogP contribution in [-0.4, -0.2) is 40.8 Å². The van der Waals surface area contributed by atoms with Gasteiger partial charge in [-0.3, -0.25) is 4.99 Å². The van der Waals surface area contributed by atoms with Crippen molar-refractivity contribution in [3.8, 4) is 0 Å². The Labute approximate surface area is 141 Å². The van der Waals surface area contributed by atoms with Crippen LogP contribution in [-0.2, 0) is 16.6 Å². The zero-order chi connectivity index (χ0) is 16.6. The molecule has 6 nitrogen and oxygen atoms in total. The first kappa shape index (κ1) is 19.0. The highest BCUT2D eigenvalue weighted by molar-refractivity contribution is 7.88. The highest BCUT2D eigenvalue weighted by atomic mass is 35.5. The van der Waals surface area contributed by atoms with Gasteiger partial charge in [0.25, 0.3) is 0 Å². The summed E-state index contributed by atoms with van der Waals surface area (Å²) < 4.78 is 24.2. The number of hydrogen-bond donors (Lipinski definition) is 3. The highest BCUT2D eigenvalue weighted by Crippen LogP contribution is 2.20. The SMILES string of the molecule is CN=C(NCCCNS(C)(=O)=O)NCc1ccc(Cl)cc1Cl. The van der Waals surface area contributed by atoms with Crippen LogP contribution in [0.3, 0.4) is 0 Å². The van der Waals surface area contributed by atoms with Crippen LogP contribution >= 0.6 is 23.2 Å². The number of sulfonamides is 1. The lowest BCUT2D eigenvalue weighted by Crippen LogP contribution is -2.38. The molecule has 0 aliphatic rings. The van der Waals surface area contributed by atoms with Gasteiger partial charge in [-0.2, -0.15) is 0 Å². The monoisotopic (exact) mass is 366 g/mol. The van der Waals surface area contributed by atoms with Crippen LogP contribution in [0.25, 0.3) is 0 Å². The lowest BCUT2D eigenvalue weighted by molar-refractivity contribution is 0.584. The molecule has 0 saturated heterocycles. The second-order valence-corrected chi connectivity index (χ2v) is 7.28. The maximum atomic E-state index is 10.9. The van der Waals surface area contributed by atoms with Crippen LogP contribution in [0.15, 0.2) is 23.2 Å². The van der Waals surface area contributed by atoms with Crippen molar-refractivity contribution in [2.75, 3.05) is 26.4 Å². The van der Waals surface area contributed by atoms with E-state index in [1.165, 1.54) is 0 Å². The molecule has 22 heavy (non-hydrogen) atoms. The van der Waals surface area contributed by atoms with Crippen molar-refractivity contribution >= 4 is 39.2 Å². The number of aliphatic imine (C=N–C) groups is 1. The van der Waals surface area contributed by atoms with Gasteiger partial charge in [-0.25, -0.2) is 13.1 Å². The summed E-state index contributed by atoms with van der Waals surface area (Å²) in [4.78, 5) is 4.08. The average molecular weight is 367 g/mol. The first-order chi connectivity index (χ1) is 10.3. The van der Waals surface area contributed by atoms with Crippen LogP contribution in [0.4, 0.5) is 0 Å². The molecule has 0 saturated carbocycles. The molecule has 3 N–H and O–H groups in total. The molecule has 0 bridgehead atoms. The summed E-state index contributed by atoms with van der Waals surface area (Å²) in [6, 6.07) is 5.31. The average Bonchev–Trinajstić information content (AvgIpc) is 2.42. The van der Waals surface area contributed by atoms with E-state index in [9.17, 15) is 8.42 Å². The molecule has 0 aliphatic carbocycles. The Morgan fingerprint density at radius 3 is 2.55 bits per heavy atom. The Morgan fingerprint density at radius 1 is 1.23 bits per heavy atom. The van der Waals surface area contributed by atoms with Gasteiger partial charge in [-0.15, -0.1) is 0 Å². The molecule has 0 radical (unpaired) electrons. The summed E-state index contributed by atoms with van der Waals surface area (Å²) in [5.41, 5.74) is 0.910. The maximum absolute atomic E-state index is 10.9. The van der Waals surface area contributed by atoms with Gasteiger partial charge < -0.3 is 10.6 Å². The largest absolute Gasteiger partial charge is 0.356 e. The van der Waals surface area contributed by atoms with Crippen molar-refractivity contribution in [2.45, 2.75) is 13.0 Å². The van der Waals surface area contributed by atoms with E-state index in [0.717, 1.165) is 11.8 Å². The lowest BCUT2D eigenvalue weighted by atomic mass is 10.2. The normalized spacial score (nSPS) is 12.3. The number of hydrogen-bond acceptors (Lipinski definition) is 3. The van der Waals surface area contributed by atoms with E-state index in [1.54, 1.807) is 19.2 Å². The number of guanidine groups is 1. The summed E-state index contributed by atoms with van der Waals surface area (Å²) in [7, 11) is -1.47. The van der Waals surface area contributed by atoms with Gasteiger partial charge in [-0.1, -0.05) is 29.3 Å². The fraction of sp³-hybridized carbons (Fsp3) is 0.462. The highest BCUT2D eigenvalue weighted by Gasteiger charge is 2.03. The Hall–Kier alpha value is -1.02. The van der Waals surface area contributed by atoms with Crippen molar-refractivity contribution in [2.24, 2.45) is 4.99 Å². The minimum absolute atomic E-state index is 0.381. The summed E-state index contributed by atoms with van der Waals surface area (Å²) in [6.45, 7) is 1.49. The second kappa shape index (κ2) is 9.19. The molecule has 0 amide bonds. The molecule has 124 valence electrons. The fourth-order valence-electron chi connectivity index (χ4n) is 1.62. The topological polar surface area (TPSA) is 82.6 Å². The number of benzene rings is 1. The third kappa shape index (κ3) is 7.84. The third-order valence-electron chi connectivity index (χ3n) is 2.70. The van der Waals surface area contributed by atoms with E-state index in [2.05, 4.69) is 20.3 Å². The smallest absolute Gasteiger partial charge is 0.208 e. The first-order valence-electron chi connectivity index (χ1n) is 6.65. The van der Waals surface area contributed by atoms with E-state index >= 15 is 0 Å². The molecule has 9 heteroatoms. The number of rotatable bonds is 7. The Balaban J connectivity index is 2.34. The maximum Gasteiger partial charge on any atom is 0.208 e. The summed E-state index contributed by atoms with van der Waals surface area (Å²) in [5.74, 6) is 0.616. The second-order valence-electron chi connectivity index (χ2n) is 4.61. The van der Waals surface area contributed by atoms with E-state index in [4.69, 9.17) is 23.2 Å². The molecule has 1 aromatic carbocycles. The van der Waals surface area contributed by atoms with Gasteiger partial charge in [0.1, 0.15) is 0 Å². The number of halogens is 2. The molecular weight excluding hydrogens is 347 g/mol. The van der Waals surface area contributed by atoms with Crippen molar-refractivity contribution in [3.05, 3.63) is 33.8 Å². The van der Waals surface area contributed by atoms with Crippen LogP contribution in [0.2, 0.25) is 10.0 Å². The predicted molar refractivity (Wildman–Crippen MR) is 92.1 cm³/mol. The minimum Gasteiger partial charge on any atom is -0.356 e. The Morgan fingerprint density at radius 2 is 1.95 bits per heavy atom. The van der Waals surface area contributed by atoms with Gasteiger partial charge in [0.15, 0.2) is 5.96 Å². The molecule has 1 rings (SSSR count). The van der Waals surface area contributed by atoms with Crippen LogP contribution in [0.5, 0.6) is 0 Å². The Bertz CT molecular complexity index is 620. The quantitative estimate of drug-likeness (QED) is 0.388. The number of nitrogens with zero attached hydrogens (tertiary/aromatic N) is 1. The van der Waals surface area contributed by atoms with Crippen LogP contribution in [0.1, 0.15) is 12.0 Å². The van der Waals surface area contributed by atoms with E-state index in [1.807, 2.05) is 6.07 Å². The first-order valence-corrected chi connectivity index (χ1v) is 9.29. The molecule has 0 aromatic heterocycles. The molecule has 0 atom stereocenters. The minimum atomic E-state index is -3.13. The zero-order valence-corrected chi connectivity index (χ0v) is 14.8. The molecule has 0 spiro atoms. The third-order valence-corrected chi connectivity index (χ3v) is 4.01. The van der Waals surface area contributed by atoms with Crippen LogP contribution < -0.4 is 15.4 Å². The van der Waals surface area contributed by atoms with Gasteiger partial charge in [-0.05, 0) is 24.1 Å². The van der Waals surface area contributed by atoms with Crippen molar-refractivity contribution < 1.29 is 8.42 Å². The van der Waals surface area contributed by atoms with Crippen LogP contribution in [0, 0.1) is 0 Å². The standard InChI is InChI=1S/C13H20Cl2N4O2S/c1-16-13(17-6-3-7-19-22(2,20)21)18-9-10-4-5-11(14)8-12(10)15/h4-5,8,19H,3,6-7,9H2,1-2H3,(H2,16,17,18). The molecular formula is C13H20Cl2N4O2S. The lowest BCUT2D eigenvalue weighted by Gasteiger charge is -2.12. The fourth-order valence-corrected chi connectivity index (χ4v) is 2.61.